The van der Waals surface area contributed by atoms with Crippen LogP contribution in [-0.2, 0) is 0 Å². The molecule has 1 aromatic heterocycles. The van der Waals surface area contributed by atoms with Gasteiger partial charge in [-0.25, -0.2) is 0 Å². The van der Waals surface area contributed by atoms with E-state index in [1.165, 1.54) is 25.9 Å². The van der Waals surface area contributed by atoms with Crippen LogP contribution in [0.25, 0.3) is 11.1 Å². The summed E-state index contributed by atoms with van der Waals surface area (Å²) in [6, 6.07) is 7.40. The molecule has 6 nitrogen and oxygen atoms in total. The van der Waals surface area contributed by atoms with Gasteiger partial charge in [0.2, 0.25) is 0 Å². The maximum Gasteiger partial charge on any atom is 0.298 e. The smallest absolute Gasteiger partial charge is 0.298 e. The number of nitrogens with two attached hydrogens (primary N) is 1. The number of aromatic nitrogens is 1. The molecule has 2 saturated heterocycles. The van der Waals surface area contributed by atoms with Crippen molar-refractivity contribution < 1.29 is 9.21 Å². The first kappa shape index (κ1) is 12.6. The molecule has 0 saturated carbocycles. The zero-order valence-corrected chi connectivity index (χ0v) is 11.7. The predicted molar refractivity (Wildman–Crippen MR) is 78.2 cm³/mol. The van der Waals surface area contributed by atoms with Crippen LogP contribution in [0.1, 0.15) is 23.2 Å². The van der Waals surface area contributed by atoms with E-state index in [0.29, 0.717) is 28.7 Å². The van der Waals surface area contributed by atoms with Gasteiger partial charge in [-0.15, -0.1) is 0 Å². The number of anilines is 1. The molecular weight excluding hydrogens is 268 g/mol. The molecule has 6 heteroatoms. The molecule has 21 heavy (non-hydrogen) atoms. The average Bonchev–Trinajstić information content (AvgIpc) is 3.04. The van der Waals surface area contributed by atoms with Gasteiger partial charge in [0.25, 0.3) is 11.9 Å². The van der Waals surface area contributed by atoms with Gasteiger partial charge in [0.05, 0.1) is 5.56 Å². The average molecular weight is 285 g/mol. The van der Waals surface area contributed by atoms with E-state index in [1.54, 1.807) is 12.1 Å². The van der Waals surface area contributed by atoms with Gasteiger partial charge in [-0.2, -0.15) is 4.98 Å². The van der Waals surface area contributed by atoms with Crippen LogP contribution >= 0.6 is 0 Å². The second kappa shape index (κ2) is 4.73. The van der Waals surface area contributed by atoms with Gasteiger partial charge in [-0.1, -0.05) is 0 Å². The van der Waals surface area contributed by atoms with Gasteiger partial charge in [0.15, 0.2) is 5.58 Å². The summed E-state index contributed by atoms with van der Waals surface area (Å²) in [5.74, 6) is -0.529. The Morgan fingerprint density at radius 2 is 2.14 bits per heavy atom. The van der Waals surface area contributed by atoms with Crippen LogP contribution in [0, 0.1) is 6.07 Å². The number of benzene rings is 1. The minimum atomic E-state index is -0.529. The predicted octanol–water partition coefficient (Wildman–Crippen LogP) is 1.01. The Bertz CT molecular complexity index is 684. The summed E-state index contributed by atoms with van der Waals surface area (Å²) >= 11 is 0. The molecule has 3 heterocycles. The first-order chi connectivity index (χ1) is 10.2. The van der Waals surface area contributed by atoms with Crippen LogP contribution in [0.4, 0.5) is 6.01 Å². The molecule has 1 radical (unpaired) electrons. The Morgan fingerprint density at radius 3 is 2.86 bits per heavy atom. The van der Waals surface area contributed by atoms with E-state index in [4.69, 9.17) is 10.2 Å². The van der Waals surface area contributed by atoms with Gasteiger partial charge >= 0.3 is 0 Å². The van der Waals surface area contributed by atoms with E-state index in [9.17, 15) is 4.79 Å². The van der Waals surface area contributed by atoms with Crippen molar-refractivity contribution in [2.24, 2.45) is 5.73 Å². The van der Waals surface area contributed by atoms with E-state index < -0.39 is 5.91 Å². The molecule has 1 amide bonds. The number of carbonyl (C=O) groups excluding carboxylic acids is 1. The van der Waals surface area contributed by atoms with E-state index in [-0.39, 0.29) is 0 Å². The Labute approximate surface area is 122 Å². The monoisotopic (exact) mass is 285 g/mol. The fourth-order valence-electron chi connectivity index (χ4n) is 3.15. The molecule has 0 spiro atoms. The van der Waals surface area contributed by atoms with Crippen LogP contribution < -0.4 is 10.6 Å². The van der Waals surface area contributed by atoms with Gasteiger partial charge < -0.3 is 15.1 Å². The van der Waals surface area contributed by atoms with Crippen molar-refractivity contribution in [3.8, 4) is 0 Å². The third-order valence-electron chi connectivity index (χ3n) is 4.38. The maximum absolute atomic E-state index is 11.4. The molecule has 0 aliphatic carbocycles. The van der Waals surface area contributed by atoms with Crippen LogP contribution in [-0.4, -0.2) is 48.0 Å². The number of nitrogens with zero attached hydrogens (tertiary/aromatic N) is 3. The van der Waals surface area contributed by atoms with Crippen molar-refractivity contribution in [1.82, 2.24) is 9.88 Å². The summed E-state index contributed by atoms with van der Waals surface area (Å²) in [7, 11) is 0. The molecular formula is C15H17N4O2. The lowest BCUT2D eigenvalue weighted by atomic mass is 10.1. The van der Waals surface area contributed by atoms with E-state index in [0.717, 1.165) is 13.1 Å². The topological polar surface area (TPSA) is 75.6 Å². The second-order valence-corrected chi connectivity index (χ2v) is 5.73. The number of carbonyl (C=O) groups is 1. The van der Waals surface area contributed by atoms with E-state index in [1.807, 2.05) is 0 Å². The lowest BCUT2D eigenvalue weighted by molar-refractivity contribution is 0.100. The molecule has 2 fully saturated rings. The number of amides is 1. The highest BCUT2D eigenvalue weighted by molar-refractivity contribution is 6.03. The molecule has 2 aliphatic rings. The van der Waals surface area contributed by atoms with Gasteiger partial charge in [0.1, 0.15) is 5.52 Å². The molecule has 109 valence electrons. The SMILES string of the molecule is NC(=O)c1[c]ccc2oc(N3CC(N4CCCC4)C3)nc12. The summed E-state index contributed by atoms with van der Waals surface area (Å²) in [6.45, 7) is 4.27. The van der Waals surface area contributed by atoms with Crippen LogP contribution in [0.2, 0.25) is 0 Å². The Hall–Kier alpha value is -2.08. The number of hydrogen-bond acceptors (Lipinski definition) is 5. The number of likely N-dealkylation sites (tertiary alicyclic amines) is 1. The largest absolute Gasteiger partial charge is 0.423 e. The zero-order valence-electron chi connectivity index (χ0n) is 11.7. The fourth-order valence-corrected chi connectivity index (χ4v) is 3.15. The Kier molecular flexibility index (Phi) is 2.85. The van der Waals surface area contributed by atoms with Crippen molar-refractivity contribution in [1.29, 1.82) is 0 Å². The van der Waals surface area contributed by atoms with Crippen molar-refractivity contribution in [3.05, 3.63) is 23.8 Å². The van der Waals surface area contributed by atoms with Crippen LogP contribution in [0.15, 0.2) is 16.5 Å². The summed E-state index contributed by atoms with van der Waals surface area (Å²) < 4.78 is 5.74. The zero-order chi connectivity index (χ0) is 14.4. The summed E-state index contributed by atoms with van der Waals surface area (Å²) in [5.41, 5.74) is 6.72. The fraction of sp³-hybridized carbons (Fsp3) is 0.467. The minimum Gasteiger partial charge on any atom is -0.423 e. The highest BCUT2D eigenvalue weighted by Crippen LogP contribution is 2.29. The van der Waals surface area contributed by atoms with Crippen molar-refractivity contribution in [2.45, 2.75) is 18.9 Å². The van der Waals surface area contributed by atoms with E-state index in [2.05, 4.69) is 20.9 Å². The quantitative estimate of drug-likeness (QED) is 0.911. The lowest BCUT2D eigenvalue weighted by Crippen LogP contribution is -2.59. The number of oxazole rings is 1. The minimum absolute atomic E-state index is 0.291. The normalized spacial score (nSPS) is 20.1. The molecule has 2 aromatic rings. The Morgan fingerprint density at radius 1 is 1.38 bits per heavy atom. The van der Waals surface area contributed by atoms with E-state index >= 15 is 0 Å². The van der Waals surface area contributed by atoms with Crippen LogP contribution in [0.5, 0.6) is 0 Å². The molecule has 2 aliphatic heterocycles. The second-order valence-electron chi connectivity index (χ2n) is 5.73. The molecule has 0 unspecified atom stereocenters. The van der Waals surface area contributed by atoms with Crippen molar-refractivity contribution in [3.63, 3.8) is 0 Å². The summed E-state index contributed by atoms with van der Waals surface area (Å²) in [6.07, 6.45) is 2.61. The van der Waals surface area contributed by atoms with Crippen LogP contribution in [0.3, 0.4) is 0 Å². The first-order valence-electron chi connectivity index (χ1n) is 7.32. The molecule has 4 rings (SSSR count). The molecule has 0 bridgehead atoms. The third kappa shape index (κ3) is 2.06. The summed E-state index contributed by atoms with van der Waals surface area (Å²) in [4.78, 5) is 20.5. The van der Waals surface area contributed by atoms with Gasteiger partial charge in [0, 0.05) is 19.1 Å². The van der Waals surface area contributed by atoms with Gasteiger partial charge in [-0.3, -0.25) is 9.69 Å². The number of fused-ring (bicyclic) bond motifs is 1. The lowest BCUT2D eigenvalue weighted by Gasteiger charge is -2.43. The van der Waals surface area contributed by atoms with Crippen molar-refractivity contribution >= 4 is 23.0 Å². The number of rotatable bonds is 3. The highest BCUT2D eigenvalue weighted by atomic mass is 16.4. The summed E-state index contributed by atoms with van der Waals surface area (Å²) in [5, 5.41) is 0. The Balaban J connectivity index is 1.55. The molecule has 2 N–H and O–H groups in total. The van der Waals surface area contributed by atoms with Gasteiger partial charge in [-0.05, 0) is 44.1 Å². The molecule has 1 aromatic carbocycles. The third-order valence-corrected chi connectivity index (χ3v) is 4.38. The van der Waals surface area contributed by atoms with Crippen molar-refractivity contribution in [2.75, 3.05) is 31.1 Å². The molecule has 0 atom stereocenters. The highest BCUT2D eigenvalue weighted by Gasteiger charge is 2.35. The first-order valence-corrected chi connectivity index (χ1v) is 7.32. The maximum atomic E-state index is 11.4. The standard InChI is InChI=1S/C15H17N4O2/c16-14(20)11-4-3-5-12-13(11)17-15(21-12)19-8-10(9-19)18-6-1-2-7-18/h3,5,10H,1-2,6-9H2,(H2,16,20). The number of primary amides is 1. The number of hydrogen-bond donors (Lipinski definition) is 1.